The lowest BCUT2D eigenvalue weighted by atomic mass is 10.1. The van der Waals surface area contributed by atoms with Crippen LogP contribution in [0.1, 0.15) is 24.3 Å². The van der Waals surface area contributed by atoms with Crippen LogP contribution >= 0.6 is 0 Å². The molecule has 0 radical (unpaired) electrons. The Hall–Kier alpha value is -2.47. The highest BCUT2D eigenvalue weighted by Crippen LogP contribution is 2.22. The van der Waals surface area contributed by atoms with Crippen LogP contribution in [0.25, 0.3) is 0 Å². The lowest BCUT2D eigenvalue weighted by Gasteiger charge is -2.24. The molecule has 0 aliphatic rings. The molecule has 0 spiro atoms. The van der Waals surface area contributed by atoms with E-state index in [0.29, 0.717) is 6.54 Å². The SMILES string of the molecule is CCNC(=NCC(c1cccc(OC)c1)N(C)C)NCCc1ccco1. The lowest BCUT2D eigenvalue weighted by Crippen LogP contribution is -2.39. The van der Waals surface area contributed by atoms with Gasteiger partial charge in [0.2, 0.25) is 0 Å². The van der Waals surface area contributed by atoms with Crippen LogP contribution in [0.5, 0.6) is 5.75 Å². The number of nitrogens with zero attached hydrogens (tertiary/aromatic N) is 2. The number of hydrogen-bond donors (Lipinski definition) is 2. The van der Waals surface area contributed by atoms with Gasteiger partial charge in [0, 0.05) is 19.5 Å². The number of likely N-dealkylation sites (N-methyl/N-ethyl adjacent to an activating group) is 1. The van der Waals surface area contributed by atoms with E-state index in [0.717, 1.165) is 37.0 Å². The zero-order valence-corrected chi connectivity index (χ0v) is 16.2. The largest absolute Gasteiger partial charge is 0.497 e. The van der Waals surface area contributed by atoms with E-state index >= 15 is 0 Å². The van der Waals surface area contributed by atoms with E-state index in [-0.39, 0.29) is 6.04 Å². The maximum Gasteiger partial charge on any atom is 0.191 e. The average molecular weight is 358 g/mol. The molecule has 142 valence electrons. The van der Waals surface area contributed by atoms with Crippen molar-refractivity contribution < 1.29 is 9.15 Å². The van der Waals surface area contributed by atoms with E-state index in [4.69, 9.17) is 14.1 Å². The van der Waals surface area contributed by atoms with Crippen LogP contribution in [0.3, 0.4) is 0 Å². The van der Waals surface area contributed by atoms with Gasteiger partial charge in [0.15, 0.2) is 5.96 Å². The Balaban J connectivity index is 2.01. The molecule has 26 heavy (non-hydrogen) atoms. The van der Waals surface area contributed by atoms with Crippen molar-refractivity contribution in [3.8, 4) is 5.75 Å². The fraction of sp³-hybridized carbons (Fsp3) is 0.450. The van der Waals surface area contributed by atoms with Crippen LogP contribution in [-0.2, 0) is 6.42 Å². The number of guanidine groups is 1. The molecule has 2 aromatic rings. The number of nitrogens with one attached hydrogen (secondary N) is 2. The summed E-state index contributed by atoms with van der Waals surface area (Å²) >= 11 is 0. The monoisotopic (exact) mass is 358 g/mol. The highest BCUT2D eigenvalue weighted by atomic mass is 16.5. The molecular formula is C20H30N4O2. The van der Waals surface area contributed by atoms with Gasteiger partial charge in [-0.05, 0) is 50.8 Å². The van der Waals surface area contributed by atoms with Crippen LogP contribution < -0.4 is 15.4 Å². The fourth-order valence-electron chi connectivity index (χ4n) is 2.69. The molecule has 0 aliphatic heterocycles. The second kappa shape index (κ2) is 10.5. The molecule has 0 saturated heterocycles. The smallest absolute Gasteiger partial charge is 0.191 e. The highest BCUT2D eigenvalue weighted by molar-refractivity contribution is 5.79. The number of methoxy groups -OCH3 is 1. The molecule has 1 aromatic carbocycles. The van der Waals surface area contributed by atoms with Gasteiger partial charge in [-0.15, -0.1) is 0 Å². The maximum absolute atomic E-state index is 5.37. The normalized spacial score (nSPS) is 12.9. The topological polar surface area (TPSA) is 62.0 Å². The van der Waals surface area contributed by atoms with Crippen molar-refractivity contribution in [2.45, 2.75) is 19.4 Å². The third-order valence-electron chi connectivity index (χ3n) is 4.11. The van der Waals surface area contributed by atoms with Gasteiger partial charge in [-0.2, -0.15) is 0 Å². The fourth-order valence-corrected chi connectivity index (χ4v) is 2.69. The van der Waals surface area contributed by atoms with Gasteiger partial charge in [0.05, 0.1) is 26.0 Å². The molecule has 0 aliphatic carbocycles. The van der Waals surface area contributed by atoms with Crippen LogP contribution in [0.15, 0.2) is 52.1 Å². The third-order valence-corrected chi connectivity index (χ3v) is 4.11. The first-order valence-electron chi connectivity index (χ1n) is 8.99. The Kier molecular flexibility index (Phi) is 8.02. The van der Waals surface area contributed by atoms with Crippen molar-refractivity contribution in [3.05, 3.63) is 54.0 Å². The van der Waals surface area contributed by atoms with Crippen LogP contribution in [-0.4, -0.2) is 51.7 Å². The Labute approximate surface area is 156 Å². The predicted molar refractivity (Wildman–Crippen MR) is 106 cm³/mol. The van der Waals surface area contributed by atoms with Gasteiger partial charge in [0.1, 0.15) is 11.5 Å². The summed E-state index contributed by atoms with van der Waals surface area (Å²) in [5, 5.41) is 6.66. The minimum Gasteiger partial charge on any atom is -0.497 e. The van der Waals surface area contributed by atoms with E-state index in [1.165, 1.54) is 5.56 Å². The number of ether oxygens (including phenoxy) is 1. The summed E-state index contributed by atoms with van der Waals surface area (Å²) in [5.74, 6) is 2.64. The third kappa shape index (κ3) is 6.11. The van der Waals surface area contributed by atoms with Gasteiger partial charge in [-0.25, -0.2) is 0 Å². The minimum atomic E-state index is 0.172. The molecule has 0 bridgehead atoms. The minimum absolute atomic E-state index is 0.172. The number of benzene rings is 1. The quantitative estimate of drug-likeness (QED) is 0.533. The zero-order chi connectivity index (χ0) is 18.8. The highest BCUT2D eigenvalue weighted by Gasteiger charge is 2.14. The number of hydrogen-bond acceptors (Lipinski definition) is 4. The summed E-state index contributed by atoms with van der Waals surface area (Å²) in [6.07, 6.45) is 2.52. The summed E-state index contributed by atoms with van der Waals surface area (Å²) in [7, 11) is 5.82. The van der Waals surface area contributed by atoms with E-state index in [1.54, 1.807) is 13.4 Å². The molecule has 0 fully saturated rings. The first-order valence-corrected chi connectivity index (χ1v) is 8.99. The van der Waals surface area contributed by atoms with E-state index in [9.17, 15) is 0 Å². The van der Waals surface area contributed by atoms with Gasteiger partial charge >= 0.3 is 0 Å². The van der Waals surface area contributed by atoms with Gasteiger partial charge < -0.3 is 24.7 Å². The van der Waals surface area contributed by atoms with Gasteiger partial charge in [0.25, 0.3) is 0 Å². The molecule has 6 nitrogen and oxygen atoms in total. The molecule has 0 amide bonds. The summed E-state index contributed by atoms with van der Waals surface area (Å²) in [6.45, 7) is 4.30. The van der Waals surface area contributed by atoms with Crippen LogP contribution in [0.2, 0.25) is 0 Å². The van der Waals surface area contributed by atoms with Crippen molar-refractivity contribution in [2.75, 3.05) is 40.8 Å². The molecule has 1 heterocycles. The molecule has 2 N–H and O–H groups in total. The summed E-state index contributed by atoms with van der Waals surface area (Å²) in [4.78, 5) is 6.94. The van der Waals surface area contributed by atoms with Crippen LogP contribution in [0, 0.1) is 0 Å². The number of aliphatic imine (C=N–C) groups is 1. The summed E-state index contributed by atoms with van der Waals surface area (Å²) in [6, 6.07) is 12.2. The van der Waals surface area contributed by atoms with Gasteiger partial charge in [-0.3, -0.25) is 4.99 Å². The molecule has 1 unspecified atom stereocenters. The van der Waals surface area contributed by atoms with E-state index in [2.05, 4.69) is 48.7 Å². The molecule has 2 rings (SSSR count). The van der Waals surface area contributed by atoms with Crippen molar-refractivity contribution in [2.24, 2.45) is 4.99 Å². The second-order valence-electron chi connectivity index (χ2n) is 6.23. The van der Waals surface area contributed by atoms with Crippen molar-refractivity contribution in [3.63, 3.8) is 0 Å². The van der Waals surface area contributed by atoms with E-state index < -0.39 is 0 Å². The molecule has 6 heteroatoms. The Bertz CT molecular complexity index is 668. The van der Waals surface area contributed by atoms with Crippen LogP contribution in [0.4, 0.5) is 0 Å². The van der Waals surface area contributed by atoms with Crippen molar-refractivity contribution >= 4 is 5.96 Å². The molecule has 0 saturated carbocycles. The Morgan fingerprint density at radius 3 is 2.73 bits per heavy atom. The zero-order valence-electron chi connectivity index (χ0n) is 16.2. The van der Waals surface area contributed by atoms with Crippen molar-refractivity contribution in [1.82, 2.24) is 15.5 Å². The summed E-state index contributed by atoms with van der Waals surface area (Å²) < 4.78 is 10.7. The van der Waals surface area contributed by atoms with Gasteiger partial charge in [-0.1, -0.05) is 12.1 Å². The number of rotatable bonds is 9. The Morgan fingerprint density at radius 1 is 1.23 bits per heavy atom. The Morgan fingerprint density at radius 2 is 2.08 bits per heavy atom. The van der Waals surface area contributed by atoms with E-state index in [1.807, 2.05) is 24.3 Å². The average Bonchev–Trinajstić information content (AvgIpc) is 3.15. The summed E-state index contributed by atoms with van der Waals surface area (Å²) in [5.41, 5.74) is 1.18. The predicted octanol–water partition coefficient (Wildman–Crippen LogP) is 2.69. The second-order valence-corrected chi connectivity index (χ2v) is 6.23. The molecule has 1 aromatic heterocycles. The first-order chi connectivity index (χ1) is 12.6. The standard InChI is InChI=1S/C20H30N4O2/c1-5-21-20(22-12-11-17-10-7-13-26-17)23-15-19(24(2)3)16-8-6-9-18(14-16)25-4/h6-10,13-14,19H,5,11-12,15H2,1-4H3,(H2,21,22,23). The number of furan rings is 1. The molecular weight excluding hydrogens is 328 g/mol. The maximum atomic E-state index is 5.37. The lowest BCUT2D eigenvalue weighted by molar-refractivity contribution is 0.305. The van der Waals surface area contributed by atoms with Crippen molar-refractivity contribution in [1.29, 1.82) is 0 Å². The molecule has 1 atom stereocenters. The first kappa shape index (κ1) is 19.8.